The molecule has 134 valence electrons. The summed E-state index contributed by atoms with van der Waals surface area (Å²) < 4.78 is 15.5. The molecule has 1 heterocycles. The van der Waals surface area contributed by atoms with E-state index in [0.29, 0.717) is 29.9 Å². The van der Waals surface area contributed by atoms with Gasteiger partial charge in [-0.1, -0.05) is 0 Å². The number of benzene rings is 1. The minimum absolute atomic E-state index is 0.00908. The minimum atomic E-state index is -0.497. The summed E-state index contributed by atoms with van der Waals surface area (Å²) in [5.41, 5.74) is 6.54. The third kappa shape index (κ3) is 3.14. The van der Waals surface area contributed by atoms with Crippen LogP contribution in [-0.4, -0.2) is 49.0 Å². The van der Waals surface area contributed by atoms with Gasteiger partial charge in [-0.05, 0) is 12.1 Å². The highest BCUT2D eigenvalue weighted by Gasteiger charge is 2.31. The van der Waals surface area contributed by atoms with E-state index < -0.39 is 11.6 Å². The Hall–Kier alpha value is -3.26. The van der Waals surface area contributed by atoms with Crippen LogP contribution in [0, 0.1) is 0 Å². The van der Waals surface area contributed by atoms with E-state index in [2.05, 4.69) is 9.97 Å². The average Bonchev–Trinajstić information content (AvgIpc) is 2.65. The fourth-order valence-electron chi connectivity index (χ4n) is 2.59. The number of carbonyl (C=O) groups is 2. The van der Waals surface area contributed by atoms with Gasteiger partial charge in [-0.2, -0.15) is 0 Å². The summed E-state index contributed by atoms with van der Waals surface area (Å²) in [7, 11) is 2.91. The Balaban J connectivity index is 2.07. The van der Waals surface area contributed by atoms with Crippen LogP contribution in [-0.2, 0) is 19.1 Å². The Kier molecular flexibility index (Phi) is 4.94. The molecule has 26 heavy (non-hydrogen) atoms. The highest BCUT2D eigenvalue weighted by Crippen LogP contribution is 2.30. The number of nitrogens with two attached hydrogens (primary N) is 1. The standard InChI is InChI=1S/C18H17N3O5/c1-24-5-6-26-10-3-4-11-12(7-10)20-9-21-17(11)15-16(19)13(22)8-14(25-2)18(15)23/h3-4,7-9H,5-6,19H2,1-2H3. The van der Waals surface area contributed by atoms with Crippen molar-refractivity contribution in [3.8, 4) is 5.75 Å². The highest BCUT2D eigenvalue weighted by molar-refractivity contribution is 6.38. The van der Waals surface area contributed by atoms with Crippen molar-refractivity contribution in [3.05, 3.63) is 47.8 Å². The number of fused-ring (bicyclic) bond motifs is 1. The van der Waals surface area contributed by atoms with Crippen LogP contribution < -0.4 is 10.5 Å². The van der Waals surface area contributed by atoms with E-state index in [1.54, 1.807) is 25.3 Å². The van der Waals surface area contributed by atoms with E-state index in [9.17, 15) is 9.59 Å². The number of Topliss-reactive ketones (excluding diaryl/α,β-unsaturated/α-hetero) is 1. The molecular weight excluding hydrogens is 338 g/mol. The Bertz CT molecular complexity index is 949. The molecule has 0 spiro atoms. The van der Waals surface area contributed by atoms with Gasteiger partial charge in [0.1, 0.15) is 18.7 Å². The second-order valence-corrected chi connectivity index (χ2v) is 5.44. The number of allylic oxidation sites excluding steroid dienone is 2. The maximum absolute atomic E-state index is 12.6. The lowest BCUT2D eigenvalue weighted by Crippen LogP contribution is -2.24. The summed E-state index contributed by atoms with van der Waals surface area (Å²) in [4.78, 5) is 33.1. The van der Waals surface area contributed by atoms with Crippen LogP contribution in [0.25, 0.3) is 16.5 Å². The summed E-state index contributed by atoms with van der Waals surface area (Å²) in [6, 6.07) is 5.16. The lowest BCUT2D eigenvalue weighted by atomic mass is 9.94. The molecule has 1 aromatic carbocycles. The first kappa shape index (κ1) is 17.6. The van der Waals surface area contributed by atoms with Gasteiger partial charge in [0.05, 0.1) is 36.2 Å². The number of nitrogens with zero attached hydrogens (tertiary/aromatic N) is 2. The summed E-state index contributed by atoms with van der Waals surface area (Å²) in [5, 5.41) is 0.572. The largest absolute Gasteiger partial charge is 0.492 e. The second-order valence-electron chi connectivity index (χ2n) is 5.44. The van der Waals surface area contributed by atoms with E-state index >= 15 is 0 Å². The van der Waals surface area contributed by atoms with Gasteiger partial charge < -0.3 is 19.9 Å². The van der Waals surface area contributed by atoms with Crippen molar-refractivity contribution in [3.63, 3.8) is 0 Å². The van der Waals surface area contributed by atoms with Crippen LogP contribution in [0.2, 0.25) is 0 Å². The van der Waals surface area contributed by atoms with Crippen molar-refractivity contribution in [1.82, 2.24) is 9.97 Å². The Morgan fingerprint density at radius 3 is 2.65 bits per heavy atom. The van der Waals surface area contributed by atoms with Gasteiger partial charge in [-0.25, -0.2) is 9.97 Å². The second kappa shape index (κ2) is 7.32. The minimum Gasteiger partial charge on any atom is -0.492 e. The molecule has 0 fully saturated rings. The number of hydrogen-bond acceptors (Lipinski definition) is 8. The molecule has 0 bridgehead atoms. The van der Waals surface area contributed by atoms with Crippen LogP contribution in [0.1, 0.15) is 5.69 Å². The van der Waals surface area contributed by atoms with Crippen molar-refractivity contribution in [1.29, 1.82) is 0 Å². The number of carbonyl (C=O) groups excluding carboxylic acids is 2. The van der Waals surface area contributed by atoms with Crippen molar-refractivity contribution in [2.24, 2.45) is 5.73 Å². The topological polar surface area (TPSA) is 114 Å². The van der Waals surface area contributed by atoms with Crippen LogP contribution in [0.4, 0.5) is 0 Å². The zero-order valence-corrected chi connectivity index (χ0v) is 14.3. The van der Waals surface area contributed by atoms with Gasteiger partial charge in [0.25, 0.3) is 0 Å². The van der Waals surface area contributed by atoms with Gasteiger partial charge in [0, 0.05) is 24.6 Å². The quantitative estimate of drug-likeness (QED) is 0.603. The van der Waals surface area contributed by atoms with Gasteiger partial charge in [-0.3, -0.25) is 9.59 Å². The summed E-state index contributed by atoms with van der Waals surface area (Å²) >= 11 is 0. The van der Waals surface area contributed by atoms with Crippen LogP contribution in [0.5, 0.6) is 5.75 Å². The maximum Gasteiger partial charge on any atom is 0.232 e. The van der Waals surface area contributed by atoms with E-state index in [1.165, 1.54) is 13.4 Å². The molecule has 0 aliphatic heterocycles. The number of rotatable bonds is 6. The summed E-state index contributed by atoms with van der Waals surface area (Å²) in [6.45, 7) is 0.853. The zero-order valence-electron chi connectivity index (χ0n) is 14.3. The maximum atomic E-state index is 12.6. The smallest absolute Gasteiger partial charge is 0.232 e. The molecule has 1 aliphatic rings. The van der Waals surface area contributed by atoms with Crippen LogP contribution in [0.15, 0.2) is 42.1 Å². The van der Waals surface area contributed by atoms with E-state index in [-0.39, 0.29) is 22.7 Å². The number of methoxy groups -OCH3 is 2. The first-order chi connectivity index (χ1) is 12.6. The van der Waals surface area contributed by atoms with Crippen LogP contribution >= 0.6 is 0 Å². The lowest BCUT2D eigenvalue weighted by Gasteiger charge is -2.16. The number of hydrogen-bond donors (Lipinski definition) is 1. The zero-order chi connectivity index (χ0) is 18.7. The molecule has 0 amide bonds. The van der Waals surface area contributed by atoms with Crippen molar-refractivity contribution in [2.75, 3.05) is 27.4 Å². The van der Waals surface area contributed by atoms with Crippen molar-refractivity contribution >= 4 is 28.0 Å². The molecule has 0 saturated heterocycles. The van der Waals surface area contributed by atoms with E-state index in [4.69, 9.17) is 19.9 Å². The molecule has 0 unspecified atom stereocenters. The SMILES string of the molecule is COCCOc1ccc2c(C3=C(N)C(=O)C=C(OC)C3=O)ncnc2c1. The summed E-state index contributed by atoms with van der Waals surface area (Å²) in [5.74, 6) is -0.470. The van der Waals surface area contributed by atoms with Crippen LogP contribution in [0.3, 0.4) is 0 Å². The molecule has 0 atom stereocenters. The Morgan fingerprint density at radius 1 is 1.12 bits per heavy atom. The fraction of sp³-hybridized carbons (Fsp3) is 0.222. The molecule has 3 rings (SSSR count). The lowest BCUT2D eigenvalue weighted by molar-refractivity contribution is -0.116. The fourth-order valence-corrected chi connectivity index (χ4v) is 2.59. The molecule has 0 radical (unpaired) electrons. The van der Waals surface area contributed by atoms with Gasteiger partial charge in [0.15, 0.2) is 5.76 Å². The average molecular weight is 355 g/mol. The predicted molar refractivity (Wildman–Crippen MR) is 93.1 cm³/mol. The molecule has 0 saturated carbocycles. The van der Waals surface area contributed by atoms with Gasteiger partial charge >= 0.3 is 0 Å². The van der Waals surface area contributed by atoms with E-state index in [1.807, 2.05) is 0 Å². The van der Waals surface area contributed by atoms with Crippen molar-refractivity contribution < 1.29 is 23.8 Å². The number of ether oxygens (including phenoxy) is 3. The third-order valence-electron chi connectivity index (χ3n) is 3.87. The molecule has 8 nitrogen and oxygen atoms in total. The summed E-state index contributed by atoms with van der Waals surface area (Å²) in [6.07, 6.45) is 2.38. The first-order valence-electron chi connectivity index (χ1n) is 7.78. The Morgan fingerprint density at radius 2 is 1.92 bits per heavy atom. The Labute approximate surface area is 149 Å². The monoisotopic (exact) mass is 355 g/mol. The first-order valence-corrected chi connectivity index (χ1v) is 7.78. The molecule has 1 aromatic heterocycles. The molecular formula is C18H17N3O5. The predicted octanol–water partition coefficient (Wildman–Crippen LogP) is 1.01. The van der Waals surface area contributed by atoms with E-state index in [0.717, 1.165) is 6.08 Å². The third-order valence-corrected chi connectivity index (χ3v) is 3.87. The molecule has 8 heteroatoms. The van der Waals surface area contributed by atoms with Crippen molar-refractivity contribution in [2.45, 2.75) is 0 Å². The number of ketones is 2. The van der Waals surface area contributed by atoms with Gasteiger partial charge in [-0.15, -0.1) is 0 Å². The highest BCUT2D eigenvalue weighted by atomic mass is 16.5. The molecule has 2 N–H and O–H groups in total. The molecule has 2 aromatic rings. The molecule has 1 aliphatic carbocycles. The normalized spacial score (nSPS) is 14.6. The van der Waals surface area contributed by atoms with Gasteiger partial charge in [0.2, 0.25) is 11.6 Å². The number of aromatic nitrogens is 2.